The van der Waals surface area contributed by atoms with Crippen molar-refractivity contribution in [2.24, 2.45) is 0 Å². The molecule has 0 N–H and O–H groups in total. The number of likely N-dealkylation sites (N-methyl/N-ethyl adjacent to an activating group) is 2. The van der Waals surface area contributed by atoms with Gasteiger partial charge in [-0.05, 0) is 27.7 Å². The summed E-state index contributed by atoms with van der Waals surface area (Å²) in [6.07, 6.45) is -0.546. The summed E-state index contributed by atoms with van der Waals surface area (Å²) >= 11 is 0. The fourth-order valence-corrected chi connectivity index (χ4v) is 1.72. The molecule has 0 aromatic rings. The van der Waals surface area contributed by atoms with Crippen LogP contribution in [0.25, 0.3) is 0 Å². The smallest absolute Gasteiger partial charge is 0.323 e. The minimum atomic E-state index is -0.333. The van der Waals surface area contributed by atoms with Crippen molar-refractivity contribution in [1.29, 1.82) is 0 Å². The molecule has 5 nitrogen and oxygen atoms in total. The molecule has 1 aliphatic rings. The fourth-order valence-electron chi connectivity index (χ4n) is 1.72. The van der Waals surface area contributed by atoms with Crippen molar-refractivity contribution in [3.05, 3.63) is 0 Å². The average Bonchev–Trinajstić information content (AvgIpc) is 2.34. The number of carbonyl (C=O) groups is 1. The number of ether oxygens (including phenoxy) is 2. The van der Waals surface area contributed by atoms with Crippen molar-refractivity contribution in [2.45, 2.75) is 52.4 Å². The second-order valence-electron chi connectivity index (χ2n) is 4.66. The van der Waals surface area contributed by atoms with Gasteiger partial charge >= 0.3 is 6.03 Å². The summed E-state index contributed by atoms with van der Waals surface area (Å²) in [7, 11) is 3.46. The highest BCUT2D eigenvalue weighted by atomic mass is 16.6. The highest BCUT2D eigenvalue weighted by Crippen LogP contribution is 2.24. The van der Waals surface area contributed by atoms with Gasteiger partial charge in [0, 0.05) is 14.1 Å². The lowest BCUT2D eigenvalue weighted by Crippen LogP contribution is -2.42. The summed E-state index contributed by atoms with van der Waals surface area (Å²) in [4.78, 5) is 14.9. The van der Waals surface area contributed by atoms with E-state index in [2.05, 4.69) is 0 Å². The fraction of sp³-hybridized carbons (Fsp3) is 0.909. The number of carbonyl (C=O) groups excluding carboxylic acids is 1. The van der Waals surface area contributed by atoms with E-state index in [1.54, 1.807) is 23.9 Å². The topological polar surface area (TPSA) is 42.0 Å². The Morgan fingerprint density at radius 2 is 1.25 bits per heavy atom. The predicted molar refractivity (Wildman–Crippen MR) is 60.9 cm³/mol. The predicted octanol–water partition coefficient (Wildman–Crippen LogP) is 1.49. The first-order chi connectivity index (χ1) is 7.34. The number of hydrogen-bond acceptors (Lipinski definition) is 3. The molecule has 0 aliphatic carbocycles. The van der Waals surface area contributed by atoms with E-state index in [1.165, 1.54) is 0 Å². The number of rotatable bonds is 4. The van der Waals surface area contributed by atoms with Gasteiger partial charge in [0.15, 0.2) is 12.5 Å². The lowest BCUT2D eigenvalue weighted by atomic mass is 10.4. The first-order valence-electron chi connectivity index (χ1n) is 5.65. The van der Waals surface area contributed by atoms with E-state index in [4.69, 9.17) is 9.47 Å². The van der Waals surface area contributed by atoms with Gasteiger partial charge in [-0.2, -0.15) is 0 Å². The van der Waals surface area contributed by atoms with Crippen molar-refractivity contribution in [3.63, 3.8) is 0 Å². The molecule has 1 heterocycles. The molecule has 2 amide bonds. The zero-order valence-corrected chi connectivity index (χ0v) is 10.9. The molecule has 1 aliphatic heterocycles. The molecule has 0 spiro atoms. The van der Waals surface area contributed by atoms with Crippen LogP contribution in [0.3, 0.4) is 0 Å². The van der Waals surface area contributed by atoms with E-state index < -0.39 is 0 Å². The van der Waals surface area contributed by atoms with E-state index in [-0.39, 0.29) is 30.7 Å². The van der Waals surface area contributed by atoms with Crippen molar-refractivity contribution < 1.29 is 14.3 Å². The maximum Gasteiger partial charge on any atom is 0.323 e. The van der Waals surface area contributed by atoms with Crippen LogP contribution in [0.2, 0.25) is 0 Å². The normalized spacial score (nSPS) is 26.4. The van der Waals surface area contributed by atoms with Crippen LogP contribution in [0.1, 0.15) is 27.7 Å². The Morgan fingerprint density at radius 3 is 1.50 bits per heavy atom. The molecular formula is C11H22N2O3. The Bertz CT molecular complexity index is 232. The number of nitrogens with zero attached hydrogens (tertiary/aromatic N) is 2. The van der Waals surface area contributed by atoms with Crippen LogP contribution in [0.4, 0.5) is 4.79 Å². The molecule has 0 radical (unpaired) electrons. The molecule has 1 saturated heterocycles. The van der Waals surface area contributed by atoms with Crippen molar-refractivity contribution >= 4 is 6.03 Å². The van der Waals surface area contributed by atoms with Gasteiger partial charge in [0.25, 0.3) is 0 Å². The van der Waals surface area contributed by atoms with E-state index in [0.717, 1.165) is 0 Å². The first kappa shape index (κ1) is 13.3. The Hall–Kier alpha value is -0.810. The molecule has 0 aromatic heterocycles. The second kappa shape index (κ2) is 5.01. The summed E-state index contributed by atoms with van der Waals surface area (Å²) in [5.41, 5.74) is 0. The molecule has 1 fully saturated rings. The largest absolute Gasteiger partial charge is 0.351 e. The third-order valence-electron chi connectivity index (χ3n) is 2.43. The lowest BCUT2D eigenvalue weighted by Gasteiger charge is -2.28. The van der Waals surface area contributed by atoms with Crippen molar-refractivity contribution in [2.75, 3.05) is 14.1 Å². The van der Waals surface area contributed by atoms with Crippen LogP contribution < -0.4 is 0 Å². The summed E-state index contributed by atoms with van der Waals surface area (Å²) in [6.45, 7) is 7.79. The Balaban J connectivity index is 2.79. The van der Waals surface area contributed by atoms with Crippen LogP contribution in [0.5, 0.6) is 0 Å². The van der Waals surface area contributed by atoms with Crippen LogP contribution in [0.15, 0.2) is 0 Å². The van der Waals surface area contributed by atoms with Gasteiger partial charge in [-0.15, -0.1) is 0 Å². The molecule has 0 saturated carbocycles. The quantitative estimate of drug-likeness (QED) is 0.734. The number of amides is 2. The van der Waals surface area contributed by atoms with Crippen LogP contribution >= 0.6 is 0 Å². The van der Waals surface area contributed by atoms with E-state index in [0.29, 0.717) is 0 Å². The zero-order chi connectivity index (χ0) is 12.5. The second-order valence-corrected chi connectivity index (χ2v) is 4.66. The van der Waals surface area contributed by atoms with Crippen molar-refractivity contribution in [1.82, 2.24) is 9.80 Å². The molecular weight excluding hydrogens is 208 g/mol. The average molecular weight is 230 g/mol. The SMILES string of the molecule is CC(C)OC1C(OC(C)C)N(C)C(=O)N1C. The Labute approximate surface area is 97.3 Å². The molecule has 0 bridgehead atoms. The lowest BCUT2D eigenvalue weighted by molar-refractivity contribution is -0.159. The highest BCUT2D eigenvalue weighted by Gasteiger charge is 2.44. The summed E-state index contributed by atoms with van der Waals surface area (Å²) in [6, 6.07) is -0.0729. The van der Waals surface area contributed by atoms with Crippen LogP contribution in [0, 0.1) is 0 Å². The third kappa shape index (κ3) is 2.65. The Kier molecular flexibility index (Phi) is 4.15. The zero-order valence-electron chi connectivity index (χ0n) is 10.9. The van der Waals surface area contributed by atoms with Gasteiger partial charge < -0.3 is 9.47 Å². The molecule has 0 aromatic carbocycles. The van der Waals surface area contributed by atoms with Gasteiger partial charge in [-0.3, -0.25) is 9.80 Å². The summed E-state index contributed by atoms with van der Waals surface area (Å²) in [5.74, 6) is 0. The standard InChI is InChI=1S/C11H22N2O3/c1-7(2)15-9-10(16-8(3)4)13(6)11(14)12(9)5/h7-10H,1-6H3. The third-order valence-corrected chi connectivity index (χ3v) is 2.43. The van der Waals surface area contributed by atoms with Gasteiger partial charge in [0.1, 0.15) is 0 Å². The first-order valence-corrected chi connectivity index (χ1v) is 5.65. The molecule has 94 valence electrons. The van der Waals surface area contributed by atoms with Gasteiger partial charge in [0.05, 0.1) is 12.2 Å². The van der Waals surface area contributed by atoms with Crippen LogP contribution in [-0.2, 0) is 9.47 Å². The maximum atomic E-state index is 11.8. The van der Waals surface area contributed by atoms with Gasteiger partial charge in [-0.25, -0.2) is 4.79 Å². The molecule has 16 heavy (non-hydrogen) atoms. The van der Waals surface area contributed by atoms with Crippen LogP contribution in [-0.4, -0.2) is 54.6 Å². The molecule has 2 atom stereocenters. The molecule has 2 unspecified atom stereocenters. The maximum absolute atomic E-state index is 11.8. The molecule has 1 rings (SSSR count). The van der Waals surface area contributed by atoms with E-state index in [1.807, 2.05) is 27.7 Å². The molecule has 5 heteroatoms. The van der Waals surface area contributed by atoms with E-state index >= 15 is 0 Å². The van der Waals surface area contributed by atoms with E-state index in [9.17, 15) is 4.79 Å². The minimum absolute atomic E-state index is 0.0602. The van der Waals surface area contributed by atoms with Gasteiger partial charge in [-0.1, -0.05) is 0 Å². The highest BCUT2D eigenvalue weighted by molar-refractivity contribution is 5.76. The summed E-state index contributed by atoms with van der Waals surface area (Å²) in [5, 5.41) is 0. The number of hydrogen-bond donors (Lipinski definition) is 0. The van der Waals surface area contributed by atoms with Crippen molar-refractivity contribution in [3.8, 4) is 0 Å². The van der Waals surface area contributed by atoms with Gasteiger partial charge in [0.2, 0.25) is 0 Å². The monoisotopic (exact) mass is 230 g/mol. The Morgan fingerprint density at radius 1 is 0.938 bits per heavy atom. The summed E-state index contributed by atoms with van der Waals surface area (Å²) < 4.78 is 11.4. The minimum Gasteiger partial charge on any atom is -0.351 e. The number of urea groups is 1.